The van der Waals surface area contributed by atoms with Crippen molar-refractivity contribution in [3.05, 3.63) is 28.2 Å². The summed E-state index contributed by atoms with van der Waals surface area (Å²) in [6.07, 6.45) is 1.23. The van der Waals surface area contributed by atoms with Gasteiger partial charge in [0.25, 0.3) is 0 Å². The number of benzene rings is 1. The average molecular weight is 300 g/mol. The molecule has 0 aliphatic carbocycles. The Hall–Kier alpha value is -1.28. The van der Waals surface area contributed by atoms with Crippen LogP contribution < -0.4 is 5.32 Å². The fourth-order valence-corrected chi connectivity index (χ4v) is 2.04. The molecule has 1 N–H and O–H groups in total. The van der Waals surface area contributed by atoms with Crippen molar-refractivity contribution in [2.24, 2.45) is 0 Å². The van der Waals surface area contributed by atoms with Gasteiger partial charge < -0.3 is 5.32 Å². The van der Waals surface area contributed by atoms with Crippen molar-refractivity contribution < 1.29 is 4.79 Å². The number of amides is 1. The molecule has 6 heteroatoms. The van der Waals surface area contributed by atoms with E-state index < -0.39 is 0 Å². The number of hydrogen-bond acceptors (Lipinski definition) is 3. The molecular formula is C13H15Cl2N3O. The van der Waals surface area contributed by atoms with E-state index in [2.05, 4.69) is 11.4 Å². The summed E-state index contributed by atoms with van der Waals surface area (Å²) in [5.41, 5.74) is 0.432. The first kappa shape index (κ1) is 15.8. The molecule has 0 bridgehead atoms. The zero-order chi connectivity index (χ0) is 14.3. The van der Waals surface area contributed by atoms with E-state index in [1.807, 2.05) is 11.9 Å². The first-order valence-corrected chi connectivity index (χ1v) is 6.59. The standard InChI is InChI=1S/C13H15Cl2N3O/c1-18(8-3-2-7-16)9-12(19)17-13-10(14)5-4-6-11(13)15/h4-6H,2-3,8-9H2,1H3,(H,17,19). The molecule has 102 valence electrons. The maximum atomic E-state index is 11.8. The molecule has 0 aliphatic rings. The molecule has 0 aromatic heterocycles. The van der Waals surface area contributed by atoms with Crippen LogP contribution in [0.1, 0.15) is 12.8 Å². The van der Waals surface area contributed by atoms with Crippen LogP contribution in [-0.4, -0.2) is 30.9 Å². The Morgan fingerprint density at radius 1 is 1.42 bits per heavy atom. The molecule has 0 saturated carbocycles. The number of halogens is 2. The lowest BCUT2D eigenvalue weighted by atomic mass is 10.3. The smallest absolute Gasteiger partial charge is 0.238 e. The first-order chi connectivity index (χ1) is 9.04. The van der Waals surface area contributed by atoms with Gasteiger partial charge in [0.1, 0.15) is 0 Å². The molecule has 1 aromatic carbocycles. The second kappa shape index (κ2) is 8.00. The number of unbranched alkanes of at least 4 members (excludes halogenated alkanes) is 1. The molecule has 0 radical (unpaired) electrons. The average Bonchev–Trinajstić information content (AvgIpc) is 2.34. The van der Waals surface area contributed by atoms with Gasteiger partial charge in [-0.25, -0.2) is 0 Å². The number of nitriles is 1. The highest BCUT2D eigenvalue weighted by Crippen LogP contribution is 2.29. The van der Waals surface area contributed by atoms with Crippen LogP contribution in [0.3, 0.4) is 0 Å². The maximum absolute atomic E-state index is 11.8. The summed E-state index contributed by atoms with van der Waals surface area (Å²) in [6.45, 7) is 0.921. The molecule has 0 aliphatic heterocycles. The van der Waals surface area contributed by atoms with Crippen LogP contribution in [0.2, 0.25) is 10.0 Å². The third-order valence-electron chi connectivity index (χ3n) is 2.47. The van der Waals surface area contributed by atoms with Crippen LogP contribution in [0.15, 0.2) is 18.2 Å². The minimum absolute atomic E-state index is 0.186. The third kappa shape index (κ3) is 5.48. The molecule has 0 spiro atoms. The summed E-state index contributed by atoms with van der Waals surface area (Å²) < 4.78 is 0. The number of anilines is 1. The number of carbonyl (C=O) groups excluding carboxylic acids is 1. The van der Waals surface area contributed by atoms with E-state index in [1.165, 1.54) is 0 Å². The lowest BCUT2D eigenvalue weighted by Gasteiger charge is -2.16. The topological polar surface area (TPSA) is 56.1 Å². The number of para-hydroxylation sites is 1. The van der Waals surface area contributed by atoms with Crippen LogP contribution in [-0.2, 0) is 4.79 Å². The largest absolute Gasteiger partial charge is 0.322 e. The Kier molecular flexibility index (Phi) is 6.65. The molecule has 0 fully saturated rings. The highest BCUT2D eigenvalue weighted by atomic mass is 35.5. The molecule has 1 rings (SSSR count). The normalized spacial score (nSPS) is 10.3. The lowest BCUT2D eigenvalue weighted by Crippen LogP contribution is -2.31. The van der Waals surface area contributed by atoms with Crippen molar-refractivity contribution in [1.82, 2.24) is 4.90 Å². The minimum Gasteiger partial charge on any atom is -0.322 e. The van der Waals surface area contributed by atoms with Crippen molar-refractivity contribution >= 4 is 34.8 Å². The van der Waals surface area contributed by atoms with E-state index >= 15 is 0 Å². The van der Waals surface area contributed by atoms with Crippen LogP contribution >= 0.6 is 23.2 Å². The highest BCUT2D eigenvalue weighted by molar-refractivity contribution is 6.39. The van der Waals surface area contributed by atoms with E-state index in [0.29, 0.717) is 28.7 Å². The predicted octanol–water partition coefficient (Wildman–Crippen LogP) is 3.17. The van der Waals surface area contributed by atoms with E-state index in [1.54, 1.807) is 18.2 Å². The van der Waals surface area contributed by atoms with E-state index in [-0.39, 0.29) is 12.5 Å². The van der Waals surface area contributed by atoms with Gasteiger partial charge in [0.15, 0.2) is 0 Å². The zero-order valence-electron chi connectivity index (χ0n) is 10.6. The molecule has 0 saturated heterocycles. The van der Waals surface area contributed by atoms with Crippen LogP contribution in [0, 0.1) is 11.3 Å². The monoisotopic (exact) mass is 299 g/mol. The predicted molar refractivity (Wildman–Crippen MR) is 77.4 cm³/mol. The third-order valence-corrected chi connectivity index (χ3v) is 3.10. The number of rotatable bonds is 6. The molecule has 1 aromatic rings. The number of carbonyl (C=O) groups is 1. The molecule has 1 amide bonds. The van der Waals surface area contributed by atoms with Gasteiger partial charge in [0.2, 0.25) is 5.91 Å². The Morgan fingerprint density at radius 3 is 2.63 bits per heavy atom. The molecule has 0 heterocycles. The van der Waals surface area contributed by atoms with Crippen molar-refractivity contribution in [3.8, 4) is 6.07 Å². The van der Waals surface area contributed by atoms with Crippen LogP contribution in [0.5, 0.6) is 0 Å². The van der Waals surface area contributed by atoms with Gasteiger partial charge in [-0.2, -0.15) is 5.26 Å². The summed E-state index contributed by atoms with van der Waals surface area (Å²) in [4.78, 5) is 13.7. The Bertz CT molecular complexity index is 465. The molecule has 0 atom stereocenters. The first-order valence-electron chi connectivity index (χ1n) is 5.84. The quantitative estimate of drug-likeness (QED) is 0.821. The van der Waals surface area contributed by atoms with Gasteiger partial charge in [-0.3, -0.25) is 9.69 Å². The minimum atomic E-state index is -0.186. The fraction of sp³-hybridized carbons (Fsp3) is 0.385. The Balaban J connectivity index is 2.49. The highest BCUT2D eigenvalue weighted by Gasteiger charge is 2.11. The fourth-order valence-electron chi connectivity index (χ4n) is 1.55. The van der Waals surface area contributed by atoms with Crippen LogP contribution in [0.4, 0.5) is 5.69 Å². The van der Waals surface area contributed by atoms with Crippen molar-refractivity contribution in [3.63, 3.8) is 0 Å². The number of nitrogens with zero attached hydrogens (tertiary/aromatic N) is 2. The second-order valence-corrected chi connectivity index (χ2v) is 4.96. The van der Waals surface area contributed by atoms with Crippen molar-refractivity contribution in [1.29, 1.82) is 5.26 Å². The van der Waals surface area contributed by atoms with Crippen LogP contribution in [0.25, 0.3) is 0 Å². The van der Waals surface area contributed by atoms with Gasteiger partial charge in [0, 0.05) is 6.42 Å². The lowest BCUT2D eigenvalue weighted by molar-refractivity contribution is -0.117. The Morgan fingerprint density at radius 2 is 2.05 bits per heavy atom. The van der Waals surface area contributed by atoms with Gasteiger partial charge in [-0.1, -0.05) is 29.3 Å². The van der Waals surface area contributed by atoms with E-state index in [4.69, 9.17) is 28.5 Å². The second-order valence-electron chi connectivity index (χ2n) is 4.14. The Labute approximate surface area is 122 Å². The van der Waals surface area contributed by atoms with Crippen molar-refractivity contribution in [2.75, 3.05) is 25.5 Å². The molecule has 4 nitrogen and oxygen atoms in total. The number of likely N-dealkylation sites (N-methyl/N-ethyl adjacent to an activating group) is 1. The summed E-state index contributed by atoms with van der Waals surface area (Å²) in [5, 5.41) is 12.0. The van der Waals surface area contributed by atoms with E-state index in [9.17, 15) is 4.79 Å². The maximum Gasteiger partial charge on any atom is 0.238 e. The summed E-state index contributed by atoms with van der Waals surface area (Å²) in [5.74, 6) is -0.186. The number of nitrogens with one attached hydrogen (secondary N) is 1. The van der Waals surface area contributed by atoms with Gasteiger partial charge in [-0.05, 0) is 32.1 Å². The van der Waals surface area contributed by atoms with Gasteiger partial charge in [0.05, 0.1) is 28.3 Å². The zero-order valence-corrected chi connectivity index (χ0v) is 12.1. The SMILES string of the molecule is CN(CCCC#N)CC(=O)Nc1c(Cl)cccc1Cl. The molecule has 0 unspecified atom stereocenters. The van der Waals surface area contributed by atoms with Gasteiger partial charge >= 0.3 is 0 Å². The van der Waals surface area contributed by atoms with Gasteiger partial charge in [-0.15, -0.1) is 0 Å². The summed E-state index contributed by atoms with van der Waals surface area (Å²) in [6, 6.07) is 7.12. The van der Waals surface area contributed by atoms with E-state index in [0.717, 1.165) is 6.42 Å². The van der Waals surface area contributed by atoms with Crippen molar-refractivity contribution in [2.45, 2.75) is 12.8 Å². The molecular weight excluding hydrogens is 285 g/mol. The molecule has 19 heavy (non-hydrogen) atoms. The summed E-state index contributed by atoms with van der Waals surface area (Å²) >= 11 is 11.9. The number of hydrogen-bond donors (Lipinski definition) is 1. The summed E-state index contributed by atoms with van der Waals surface area (Å²) in [7, 11) is 1.82.